The summed E-state index contributed by atoms with van der Waals surface area (Å²) < 4.78 is 18.1. The minimum atomic E-state index is -0.813. The van der Waals surface area contributed by atoms with Gasteiger partial charge in [0.15, 0.2) is 0 Å². The molecule has 1 aromatic heterocycles. The largest absolute Gasteiger partial charge is 0.493 e. The number of nitrogens with zero attached hydrogens (tertiary/aromatic N) is 1. The van der Waals surface area contributed by atoms with E-state index in [0.29, 0.717) is 19.8 Å². The van der Waals surface area contributed by atoms with Crippen LogP contribution in [-0.4, -0.2) is 29.3 Å². The first-order valence-corrected chi connectivity index (χ1v) is 13.1. The van der Waals surface area contributed by atoms with Crippen molar-refractivity contribution in [3.63, 3.8) is 0 Å². The first-order valence-electron chi connectivity index (χ1n) is 13.1. The van der Waals surface area contributed by atoms with E-state index in [1.165, 1.54) is 0 Å². The molecule has 0 saturated carbocycles. The Morgan fingerprint density at radius 1 is 1.03 bits per heavy atom. The SMILES string of the molecule is Cc1cc(OCc2cccnc2)cc(C)c1-c1cccc2c1OC[C@H]2Nc1ccc2c(c1)OC[C@H]2CC(=O)O. The highest BCUT2D eigenvalue weighted by Gasteiger charge is 2.30. The summed E-state index contributed by atoms with van der Waals surface area (Å²) in [6.45, 7) is 5.58. The average Bonchev–Trinajstić information content (AvgIpc) is 3.51. The van der Waals surface area contributed by atoms with Gasteiger partial charge in [0.25, 0.3) is 0 Å². The van der Waals surface area contributed by atoms with Crippen LogP contribution in [-0.2, 0) is 11.4 Å². The van der Waals surface area contributed by atoms with Crippen LogP contribution in [0.15, 0.2) is 73.1 Å². The van der Waals surface area contributed by atoms with E-state index in [9.17, 15) is 4.79 Å². The molecule has 6 rings (SSSR count). The number of hydrogen-bond donors (Lipinski definition) is 2. The summed E-state index contributed by atoms with van der Waals surface area (Å²) in [6, 6.07) is 20.2. The highest BCUT2D eigenvalue weighted by Crippen LogP contribution is 2.45. The van der Waals surface area contributed by atoms with Gasteiger partial charge in [0, 0.05) is 52.3 Å². The number of aromatic nitrogens is 1. The highest BCUT2D eigenvalue weighted by molar-refractivity contribution is 5.79. The second-order valence-corrected chi connectivity index (χ2v) is 10.2. The standard InChI is InChI=1S/C32H30N2O5/c1-19-11-24(37-16-21-5-4-10-33-15-21)12-20(2)31(19)27-7-3-6-26-28(18-39-32(26)27)34-23-8-9-25-22(13-30(35)36)17-38-29(25)14-23/h3-12,14-15,22,28,34H,13,16-18H2,1-2H3,(H,35,36)/t22-,28-/m1/s1. The topological polar surface area (TPSA) is 89.9 Å². The molecule has 2 atom stereocenters. The zero-order valence-electron chi connectivity index (χ0n) is 21.9. The van der Waals surface area contributed by atoms with Gasteiger partial charge < -0.3 is 24.6 Å². The number of aliphatic carboxylic acids is 1. The van der Waals surface area contributed by atoms with Gasteiger partial charge in [-0.25, -0.2) is 0 Å². The van der Waals surface area contributed by atoms with Crippen LogP contribution in [0.25, 0.3) is 11.1 Å². The number of ether oxygens (including phenoxy) is 3. The number of nitrogens with one attached hydrogen (secondary N) is 1. The van der Waals surface area contributed by atoms with E-state index in [0.717, 1.165) is 61.9 Å². The zero-order chi connectivity index (χ0) is 26.9. The fraction of sp³-hybridized carbons (Fsp3) is 0.250. The van der Waals surface area contributed by atoms with Gasteiger partial charge >= 0.3 is 5.97 Å². The van der Waals surface area contributed by atoms with Crippen molar-refractivity contribution in [2.45, 2.75) is 38.8 Å². The Labute approximate surface area is 227 Å². The number of anilines is 1. The minimum Gasteiger partial charge on any atom is -0.493 e. The highest BCUT2D eigenvalue weighted by atomic mass is 16.5. The molecular weight excluding hydrogens is 492 g/mol. The third-order valence-electron chi connectivity index (χ3n) is 7.37. The molecule has 198 valence electrons. The number of aryl methyl sites for hydroxylation is 2. The van der Waals surface area contributed by atoms with Crippen LogP contribution in [0, 0.1) is 13.8 Å². The predicted molar refractivity (Wildman–Crippen MR) is 149 cm³/mol. The van der Waals surface area contributed by atoms with Crippen molar-refractivity contribution in [1.82, 2.24) is 4.98 Å². The Morgan fingerprint density at radius 2 is 1.87 bits per heavy atom. The second-order valence-electron chi connectivity index (χ2n) is 10.2. The molecule has 0 spiro atoms. The lowest BCUT2D eigenvalue weighted by Crippen LogP contribution is -2.11. The van der Waals surface area contributed by atoms with E-state index in [-0.39, 0.29) is 18.4 Å². The van der Waals surface area contributed by atoms with E-state index < -0.39 is 5.97 Å². The van der Waals surface area contributed by atoms with Crippen molar-refractivity contribution >= 4 is 11.7 Å². The molecule has 0 radical (unpaired) electrons. The Balaban J connectivity index is 1.22. The maximum atomic E-state index is 11.2. The van der Waals surface area contributed by atoms with Crippen LogP contribution in [0.2, 0.25) is 0 Å². The number of fused-ring (bicyclic) bond motifs is 2. The van der Waals surface area contributed by atoms with Crippen molar-refractivity contribution in [3.05, 3.63) is 101 Å². The normalized spacial score (nSPS) is 17.1. The molecule has 4 aromatic rings. The van der Waals surface area contributed by atoms with Gasteiger partial charge in [-0.3, -0.25) is 9.78 Å². The lowest BCUT2D eigenvalue weighted by molar-refractivity contribution is -0.137. The summed E-state index contributed by atoms with van der Waals surface area (Å²) in [5.41, 5.74) is 8.46. The minimum absolute atomic E-state index is 0.0167. The van der Waals surface area contributed by atoms with E-state index in [2.05, 4.69) is 54.5 Å². The summed E-state index contributed by atoms with van der Waals surface area (Å²) in [7, 11) is 0. The number of para-hydroxylation sites is 1. The summed E-state index contributed by atoms with van der Waals surface area (Å²) in [5.74, 6) is 1.55. The lowest BCUT2D eigenvalue weighted by Gasteiger charge is -2.17. The summed E-state index contributed by atoms with van der Waals surface area (Å²) in [4.78, 5) is 15.3. The number of carbonyl (C=O) groups is 1. The van der Waals surface area contributed by atoms with Crippen LogP contribution < -0.4 is 19.5 Å². The second kappa shape index (κ2) is 10.3. The Morgan fingerprint density at radius 3 is 2.64 bits per heavy atom. The van der Waals surface area contributed by atoms with Crippen molar-refractivity contribution in [2.75, 3.05) is 18.5 Å². The summed E-state index contributed by atoms with van der Waals surface area (Å²) >= 11 is 0. The number of rotatable bonds is 8. The molecule has 3 heterocycles. The third kappa shape index (κ3) is 5.00. The molecule has 7 nitrogen and oxygen atoms in total. The quantitative estimate of drug-likeness (QED) is 0.275. The van der Waals surface area contributed by atoms with Crippen LogP contribution in [0.4, 0.5) is 5.69 Å². The molecule has 39 heavy (non-hydrogen) atoms. The van der Waals surface area contributed by atoms with Gasteiger partial charge in [-0.2, -0.15) is 0 Å². The molecule has 0 unspecified atom stereocenters. The number of pyridine rings is 1. The first-order chi connectivity index (χ1) is 19.0. The van der Waals surface area contributed by atoms with Crippen LogP contribution in [0.1, 0.15) is 46.2 Å². The van der Waals surface area contributed by atoms with Crippen LogP contribution >= 0.6 is 0 Å². The van der Waals surface area contributed by atoms with Crippen molar-refractivity contribution in [3.8, 4) is 28.4 Å². The Kier molecular flexibility index (Phi) is 6.57. The van der Waals surface area contributed by atoms with E-state index >= 15 is 0 Å². The predicted octanol–water partition coefficient (Wildman–Crippen LogP) is 6.44. The molecule has 0 saturated heterocycles. The van der Waals surface area contributed by atoms with Gasteiger partial charge in [-0.1, -0.05) is 30.3 Å². The van der Waals surface area contributed by atoms with Crippen LogP contribution in [0.3, 0.4) is 0 Å². The number of benzene rings is 3. The lowest BCUT2D eigenvalue weighted by atomic mass is 9.92. The molecular formula is C32H30N2O5. The van der Waals surface area contributed by atoms with E-state index in [4.69, 9.17) is 19.3 Å². The van der Waals surface area contributed by atoms with Gasteiger partial charge in [-0.15, -0.1) is 0 Å². The van der Waals surface area contributed by atoms with Crippen molar-refractivity contribution in [1.29, 1.82) is 0 Å². The number of hydrogen-bond acceptors (Lipinski definition) is 6. The monoisotopic (exact) mass is 522 g/mol. The maximum Gasteiger partial charge on any atom is 0.304 e. The van der Waals surface area contributed by atoms with Crippen LogP contribution in [0.5, 0.6) is 17.2 Å². The summed E-state index contributed by atoms with van der Waals surface area (Å²) in [5, 5.41) is 12.8. The Bertz CT molecular complexity index is 1510. The molecule has 7 heteroatoms. The van der Waals surface area contributed by atoms with Crippen molar-refractivity contribution < 1.29 is 24.1 Å². The maximum absolute atomic E-state index is 11.2. The molecule has 0 bridgehead atoms. The molecule has 0 aliphatic carbocycles. The molecule has 2 N–H and O–H groups in total. The fourth-order valence-electron chi connectivity index (χ4n) is 5.59. The average molecular weight is 523 g/mol. The van der Waals surface area contributed by atoms with Crippen molar-refractivity contribution in [2.24, 2.45) is 0 Å². The van der Waals surface area contributed by atoms with Gasteiger partial charge in [0.1, 0.15) is 30.5 Å². The molecule has 0 fully saturated rings. The third-order valence-corrected chi connectivity index (χ3v) is 7.37. The van der Waals surface area contributed by atoms with E-state index in [1.807, 2.05) is 36.5 Å². The van der Waals surface area contributed by atoms with Gasteiger partial charge in [-0.05, 0) is 54.8 Å². The smallest absolute Gasteiger partial charge is 0.304 e. The van der Waals surface area contributed by atoms with Gasteiger partial charge in [0.05, 0.1) is 19.1 Å². The molecule has 3 aromatic carbocycles. The Hall–Kier alpha value is -4.52. The first kappa shape index (κ1) is 24.8. The number of carboxylic acids is 1. The molecule has 2 aliphatic heterocycles. The van der Waals surface area contributed by atoms with E-state index in [1.54, 1.807) is 6.20 Å². The number of carboxylic acid groups (broad SMARTS) is 1. The molecule has 2 aliphatic rings. The van der Waals surface area contributed by atoms with Gasteiger partial charge in [0.2, 0.25) is 0 Å². The zero-order valence-corrected chi connectivity index (χ0v) is 21.9. The molecule has 0 amide bonds. The fourth-order valence-corrected chi connectivity index (χ4v) is 5.59. The summed E-state index contributed by atoms with van der Waals surface area (Å²) in [6.07, 6.45) is 3.64.